The fraction of sp³-hybridized carbons (Fsp3) is 0.614. The molecule has 6 N–H and O–H groups in total. The van der Waals surface area contributed by atoms with E-state index in [-0.39, 0.29) is 53.6 Å². The lowest BCUT2D eigenvalue weighted by molar-refractivity contribution is -0.144. The van der Waals surface area contributed by atoms with Crippen molar-refractivity contribution < 1.29 is 28.8 Å². The van der Waals surface area contributed by atoms with Crippen molar-refractivity contribution in [3.63, 3.8) is 0 Å². The molecule has 77 heavy (non-hydrogen) atoms. The van der Waals surface area contributed by atoms with E-state index in [9.17, 15) is 28.8 Å². The minimum Gasteiger partial charge on any atom is -0.346 e. The van der Waals surface area contributed by atoms with Gasteiger partial charge in [0, 0.05) is 25.2 Å². The number of aryl methyl sites for hydroxylation is 4. The molecular weight excluding hydrogens is 977 g/mol. The average Bonchev–Trinajstić information content (AvgIpc) is 4.28. The molecule has 4 aliphatic rings. The minimum atomic E-state index is -0.672. The molecule has 6 amide bonds. The Morgan fingerprint density at radius 1 is 0.558 bits per heavy atom. The van der Waals surface area contributed by atoms with Crippen LogP contribution in [0, 0.1) is 0 Å². The average molecular weight is 1060 g/mol. The molecule has 8 rings (SSSR count). The molecule has 2 aromatic heterocycles. The second-order valence-electron chi connectivity index (χ2n) is 21.8. The molecule has 6 heterocycles. The molecule has 4 aliphatic heterocycles. The van der Waals surface area contributed by atoms with Crippen LogP contribution in [0.5, 0.6) is 0 Å². The van der Waals surface area contributed by atoms with Crippen molar-refractivity contribution in [3.8, 4) is 0 Å². The van der Waals surface area contributed by atoms with Crippen LogP contribution in [0.4, 0.5) is 0 Å². The smallest absolute Gasteiger partial charge is 0.246 e. The number of amides is 6. The van der Waals surface area contributed by atoms with Gasteiger partial charge in [0.15, 0.2) is 0 Å². The van der Waals surface area contributed by atoms with Crippen LogP contribution in [0.15, 0.2) is 67.0 Å². The van der Waals surface area contributed by atoms with Gasteiger partial charge < -0.3 is 41.7 Å². The van der Waals surface area contributed by atoms with Crippen molar-refractivity contribution in [3.05, 3.63) is 95.1 Å². The first kappa shape index (κ1) is 56.7. The summed E-state index contributed by atoms with van der Waals surface area (Å²) in [4.78, 5) is 84.9. The van der Waals surface area contributed by atoms with Gasteiger partial charge in [0.1, 0.15) is 35.6 Å². The van der Waals surface area contributed by atoms with E-state index in [0.717, 1.165) is 95.5 Å². The van der Waals surface area contributed by atoms with Crippen LogP contribution in [0.2, 0.25) is 0 Å². The number of hydrogen-bond acceptors (Lipinski definition) is 12. The summed E-state index contributed by atoms with van der Waals surface area (Å²) in [5.41, 5.74) is 4.72. The quantitative estimate of drug-likeness (QED) is 0.0569. The molecule has 0 radical (unpaired) electrons. The van der Waals surface area contributed by atoms with Crippen molar-refractivity contribution in [1.29, 1.82) is 0 Å². The van der Waals surface area contributed by atoms with Crippen molar-refractivity contribution in [2.45, 2.75) is 210 Å². The fourth-order valence-corrected chi connectivity index (χ4v) is 11.6. The number of carbonyl (C=O) groups is 6. The normalized spacial score (nSPS) is 23.3. The third-order valence-corrected chi connectivity index (χ3v) is 16.4. The Bertz CT molecular complexity index is 2610. The second kappa shape index (κ2) is 27.2. The summed E-state index contributed by atoms with van der Waals surface area (Å²) in [6.07, 6.45) is 18.4. The minimum absolute atomic E-state index is 0.0112. The predicted molar refractivity (Wildman–Crippen MR) is 291 cm³/mol. The standard InChI is InChI=1S/C57H82N14O6/c1-37(60-54(74)49-31-29-43-21-9-11-23-45(56(76)70(43)49)61-52(72)38(2)58-4)47-35-68(66-64-47)33-15-13-17-40-25-27-41(28-26-40)18-14-16-34-69-36-48(65-67-69)51(42-19-7-6-8-20-42)63-55(75)50-32-30-44-22-10-12-24-46(57(77)71(44)50)62-53(73)39(3)59-5/h6-8,19-20,25-28,35-39,43-46,49-51,58-59H,9-18,21-24,29-34H2,1-5H3,(H,60,74)(H,61,72)(H,62,73)(H,63,75)/t37-,38-,39-,43?,44?,45?,46?,49?,50-,51-/m0/s1. The largest absolute Gasteiger partial charge is 0.346 e. The van der Waals surface area contributed by atoms with E-state index in [1.54, 1.807) is 37.7 Å². The highest BCUT2D eigenvalue weighted by molar-refractivity contribution is 5.95. The van der Waals surface area contributed by atoms with E-state index < -0.39 is 42.3 Å². The lowest BCUT2D eigenvalue weighted by Gasteiger charge is -2.36. The maximum absolute atomic E-state index is 14.2. The van der Waals surface area contributed by atoms with Crippen molar-refractivity contribution in [2.24, 2.45) is 0 Å². The maximum Gasteiger partial charge on any atom is 0.246 e. The summed E-state index contributed by atoms with van der Waals surface area (Å²) in [5, 5.41) is 35.8. The van der Waals surface area contributed by atoms with E-state index >= 15 is 0 Å². The lowest BCUT2D eigenvalue weighted by atomic mass is 9.98. The summed E-state index contributed by atoms with van der Waals surface area (Å²) < 4.78 is 3.66. The van der Waals surface area contributed by atoms with Gasteiger partial charge in [-0.15, -0.1) is 10.2 Å². The van der Waals surface area contributed by atoms with Crippen LogP contribution in [-0.2, 0) is 54.7 Å². The molecule has 20 heteroatoms. The number of nitrogens with one attached hydrogen (secondary N) is 6. The number of likely N-dealkylation sites (N-methyl/N-ethyl adjacent to an activating group) is 2. The fourth-order valence-electron chi connectivity index (χ4n) is 11.6. The zero-order valence-corrected chi connectivity index (χ0v) is 45.8. The molecule has 4 aromatic rings. The first-order chi connectivity index (χ1) is 37.3. The molecule has 4 fully saturated rings. The Kier molecular flexibility index (Phi) is 20.0. The monoisotopic (exact) mass is 1060 g/mol. The van der Waals surface area contributed by atoms with Crippen molar-refractivity contribution in [1.82, 2.24) is 71.7 Å². The number of aromatic nitrogens is 6. The molecule has 20 nitrogen and oxygen atoms in total. The van der Waals surface area contributed by atoms with Gasteiger partial charge in [-0.1, -0.05) is 90.7 Å². The highest BCUT2D eigenvalue weighted by Crippen LogP contribution is 2.34. The highest BCUT2D eigenvalue weighted by atomic mass is 16.2. The van der Waals surface area contributed by atoms with E-state index in [0.29, 0.717) is 50.2 Å². The lowest BCUT2D eigenvalue weighted by Crippen LogP contribution is -2.58. The van der Waals surface area contributed by atoms with Crippen molar-refractivity contribution >= 4 is 35.4 Å². The molecule has 0 saturated carbocycles. The van der Waals surface area contributed by atoms with Crippen LogP contribution >= 0.6 is 0 Å². The number of rotatable bonds is 23. The first-order valence-electron chi connectivity index (χ1n) is 28.4. The molecule has 0 bridgehead atoms. The second-order valence-corrected chi connectivity index (χ2v) is 21.8. The number of benzene rings is 2. The van der Waals surface area contributed by atoms with Gasteiger partial charge in [0.2, 0.25) is 35.4 Å². The van der Waals surface area contributed by atoms with Gasteiger partial charge in [-0.3, -0.25) is 38.1 Å². The summed E-state index contributed by atoms with van der Waals surface area (Å²) in [6, 6.07) is 14.1. The van der Waals surface area contributed by atoms with Crippen LogP contribution in [0.25, 0.3) is 0 Å². The SMILES string of the molecule is CN[C@@H](C)C(=O)NC1CCCCC2CCC(C(=O)N[C@@H](C)c3cn(CCCCc4ccc(CCCCn5cc([C@@H](NC(=O)[C@@H]6CCC7CCCCC(NC(=O)[C@H](C)NC)C(=O)N76)c6ccccc6)nn5)cc4)nn3)N2C1=O. The summed E-state index contributed by atoms with van der Waals surface area (Å²) in [5.74, 6) is -1.25. The number of fused-ring (bicyclic) bond motifs is 2. The third kappa shape index (κ3) is 14.5. The molecule has 0 aliphatic carbocycles. The Morgan fingerprint density at radius 3 is 1.51 bits per heavy atom. The summed E-state index contributed by atoms with van der Waals surface area (Å²) >= 11 is 0. The van der Waals surface area contributed by atoms with E-state index in [2.05, 4.69) is 76.8 Å². The van der Waals surface area contributed by atoms with E-state index in [1.165, 1.54) is 11.1 Å². The number of nitrogens with zero attached hydrogens (tertiary/aromatic N) is 8. The van der Waals surface area contributed by atoms with Crippen LogP contribution in [0.3, 0.4) is 0 Å². The molecule has 4 saturated heterocycles. The molecule has 10 atom stereocenters. The Morgan fingerprint density at radius 2 is 1.01 bits per heavy atom. The van der Waals surface area contributed by atoms with E-state index in [1.807, 2.05) is 59.0 Å². The van der Waals surface area contributed by atoms with Gasteiger partial charge in [-0.2, -0.15) is 0 Å². The van der Waals surface area contributed by atoms with Crippen molar-refractivity contribution in [2.75, 3.05) is 14.1 Å². The zero-order valence-electron chi connectivity index (χ0n) is 45.8. The Hall–Kier alpha value is -6.54. The van der Waals surface area contributed by atoms with Crippen LogP contribution in [0.1, 0.15) is 164 Å². The van der Waals surface area contributed by atoms with E-state index in [4.69, 9.17) is 0 Å². The topological polar surface area (TPSA) is 242 Å². The third-order valence-electron chi connectivity index (χ3n) is 16.4. The molecule has 2 aromatic carbocycles. The molecular formula is C57H82N14O6. The number of hydrogen-bond donors (Lipinski definition) is 6. The molecule has 416 valence electrons. The Labute approximate surface area is 453 Å². The number of unbranched alkanes of at least 4 members (excludes halogenated alkanes) is 2. The molecule has 5 unspecified atom stereocenters. The summed E-state index contributed by atoms with van der Waals surface area (Å²) in [7, 11) is 3.42. The first-order valence-corrected chi connectivity index (χ1v) is 28.4. The summed E-state index contributed by atoms with van der Waals surface area (Å²) in [6.45, 7) is 6.79. The predicted octanol–water partition coefficient (Wildman–Crippen LogP) is 4.35. The van der Waals surface area contributed by atoms with Crippen LogP contribution < -0.4 is 31.9 Å². The van der Waals surface area contributed by atoms with Gasteiger partial charge in [-0.05, 0) is 141 Å². The zero-order chi connectivity index (χ0) is 54.4. The van der Waals surface area contributed by atoms with Crippen LogP contribution in [-0.4, -0.2) is 138 Å². The molecule has 0 spiro atoms. The van der Waals surface area contributed by atoms with Gasteiger partial charge in [-0.25, -0.2) is 0 Å². The number of carbonyl (C=O) groups excluding carboxylic acids is 6. The highest BCUT2D eigenvalue weighted by Gasteiger charge is 2.46. The van der Waals surface area contributed by atoms with Gasteiger partial charge in [0.25, 0.3) is 0 Å². The van der Waals surface area contributed by atoms with Gasteiger partial charge in [0.05, 0.1) is 36.6 Å². The Balaban J connectivity index is 0.760. The maximum atomic E-state index is 14.2. The van der Waals surface area contributed by atoms with Gasteiger partial charge >= 0.3 is 0 Å².